The van der Waals surface area contributed by atoms with E-state index in [1.165, 1.54) is 42.6 Å². The van der Waals surface area contributed by atoms with Crippen molar-refractivity contribution in [2.45, 2.75) is 12.3 Å². The van der Waals surface area contributed by atoms with E-state index in [4.69, 9.17) is 19.4 Å². The number of hydrogen-bond acceptors (Lipinski definition) is 5. The minimum absolute atomic E-state index is 0.393. The molecule has 1 atom stereocenters. The third kappa shape index (κ3) is 5.72. The van der Waals surface area contributed by atoms with Crippen molar-refractivity contribution in [2.24, 2.45) is 0 Å². The first-order valence-corrected chi connectivity index (χ1v) is 19.8. The lowest BCUT2D eigenvalue weighted by Gasteiger charge is -2.19. The Kier molecular flexibility index (Phi) is 7.78. The lowest BCUT2D eigenvalue weighted by atomic mass is 9.85. The second-order valence-electron chi connectivity index (χ2n) is 14.3. The monoisotopic (exact) mass is 735 g/mol. The predicted molar refractivity (Wildman–Crippen MR) is 233 cm³/mol. The summed E-state index contributed by atoms with van der Waals surface area (Å²) in [4.78, 5) is 15.4. The van der Waals surface area contributed by atoms with Crippen LogP contribution in [0.4, 0.5) is 0 Å². The van der Waals surface area contributed by atoms with Crippen LogP contribution >= 0.6 is 11.3 Å². The highest BCUT2D eigenvalue weighted by Gasteiger charge is 2.19. The Morgan fingerprint density at radius 3 is 2.02 bits per heavy atom. The lowest BCUT2D eigenvalue weighted by molar-refractivity contribution is 0.669. The highest BCUT2D eigenvalue weighted by atomic mass is 32.1. The van der Waals surface area contributed by atoms with Crippen LogP contribution in [0.15, 0.2) is 186 Å². The Bertz CT molecular complexity index is 3160. The topological polar surface area (TPSA) is 51.8 Å². The number of fused-ring (bicyclic) bond motifs is 6. The Labute approximate surface area is 327 Å². The number of aromatic nitrogens is 3. The van der Waals surface area contributed by atoms with Crippen molar-refractivity contribution in [3.05, 3.63) is 193 Å². The van der Waals surface area contributed by atoms with Crippen molar-refractivity contribution in [1.82, 2.24) is 15.0 Å². The first kappa shape index (κ1) is 32.5. The molecule has 0 aliphatic heterocycles. The highest BCUT2D eigenvalue weighted by molar-refractivity contribution is 7.26. The van der Waals surface area contributed by atoms with Gasteiger partial charge in [0.1, 0.15) is 11.2 Å². The van der Waals surface area contributed by atoms with Crippen LogP contribution in [-0.2, 0) is 0 Å². The van der Waals surface area contributed by atoms with Crippen LogP contribution in [0.2, 0.25) is 0 Å². The summed E-state index contributed by atoms with van der Waals surface area (Å²) in [5.41, 5.74) is 10.9. The largest absolute Gasteiger partial charge is 0.456 e. The number of hydrogen-bond donors (Lipinski definition) is 0. The fraction of sp³-hybridized carbons (Fsp3) is 0.0392. The fourth-order valence-corrected chi connectivity index (χ4v) is 9.21. The summed E-state index contributed by atoms with van der Waals surface area (Å²) in [5, 5.41) is 4.46. The van der Waals surface area contributed by atoms with E-state index < -0.39 is 0 Å². The average Bonchev–Trinajstić information content (AvgIpc) is 3.85. The summed E-state index contributed by atoms with van der Waals surface area (Å²) >= 11 is 1.80. The maximum Gasteiger partial charge on any atom is 0.164 e. The Morgan fingerprint density at radius 2 is 1.16 bits per heavy atom. The van der Waals surface area contributed by atoms with E-state index in [0.29, 0.717) is 23.4 Å². The minimum atomic E-state index is 0.393. The molecule has 4 nitrogen and oxygen atoms in total. The molecule has 10 aromatic rings. The van der Waals surface area contributed by atoms with E-state index in [1.54, 1.807) is 11.3 Å². The molecule has 11 rings (SSSR count). The number of thiophene rings is 1. The predicted octanol–water partition coefficient (Wildman–Crippen LogP) is 13.9. The van der Waals surface area contributed by atoms with Gasteiger partial charge in [-0.15, -0.1) is 11.3 Å². The van der Waals surface area contributed by atoms with Gasteiger partial charge in [0, 0.05) is 53.6 Å². The van der Waals surface area contributed by atoms with Crippen LogP contribution in [-0.4, -0.2) is 15.0 Å². The van der Waals surface area contributed by atoms with E-state index in [2.05, 4.69) is 133 Å². The molecule has 7 aromatic carbocycles. The number of furan rings is 1. The smallest absolute Gasteiger partial charge is 0.164 e. The number of rotatable bonds is 6. The van der Waals surface area contributed by atoms with Crippen molar-refractivity contribution < 1.29 is 4.42 Å². The summed E-state index contributed by atoms with van der Waals surface area (Å²) in [6, 6.07) is 57.6. The normalized spacial score (nSPS) is 14.2. The maximum absolute atomic E-state index is 6.15. The summed E-state index contributed by atoms with van der Waals surface area (Å²) in [5.74, 6) is 2.30. The molecule has 0 N–H and O–H groups in total. The molecule has 264 valence electrons. The Balaban J connectivity index is 1.00. The van der Waals surface area contributed by atoms with Gasteiger partial charge in [-0.1, -0.05) is 140 Å². The molecule has 0 fully saturated rings. The van der Waals surface area contributed by atoms with Crippen molar-refractivity contribution in [3.8, 4) is 45.3 Å². The second-order valence-corrected chi connectivity index (χ2v) is 15.4. The molecule has 0 amide bonds. The van der Waals surface area contributed by atoms with Crippen LogP contribution in [0.1, 0.15) is 23.5 Å². The van der Waals surface area contributed by atoms with E-state index in [-0.39, 0.29) is 0 Å². The summed E-state index contributed by atoms with van der Waals surface area (Å²) in [6.07, 6.45) is 7.77. The molecule has 1 aliphatic carbocycles. The van der Waals surface area contributed by atoms with Gasteiger partial charge < -0.3 is 4.42 Å². The third-order valence-corrected chi connectivity index (χ3v) is 12.1. The SMILES string of the molecule is C1=CC(c2ccccc2)CC(c2ccc(-c3ccc4sc5cccc(-c6nc(-c7ccccc7)nc(-c7ccc8oc9ccccc9c8c7)n6)c5c4c3)cc2)=C1. The zero-order chi connectivity index (χ0) is 37.0. The van der Waals surface area contributed by atoms with Gasteiger partial charge >= 0.3 is 0 Å². The van der Waals surface area contributed by atoms with Crippen molar-refractivity contribution in [3.63, 3.8) is 0 Å². The molecule has 1 unspecified atom stereocenters. The summed E-state index contributed by atoms with van der Waals surface area (Å²) in [7, 11) is 0. The molecule has 0 radical (unpaired) electrons. The molecule has 56 heavy (non-hydrogen) atoms. The molecule has 0 saturated heterocycles. The van der Waals surface area contributed by atoms with Gasteiger partial charge in [-0.2, -0.15) is 0 Å². The van der Waals surface area contributed by atoms with E-state index in [1.807, 2.05) is 48.5 Å². The lowest BCUT2D eigenvalue weighted by Crippen LogP contribution is -2.00. The molecule has 1 aliphatic rings. The molecule has 3 aromatic heterocycles. The Hall–Kier alpha value is -6.95. The zero-order valence-corrected chi connectivity index (χ0v) is 31.1. The number of nitrogens with zero attached hydrogens (tertiary/aromatic N) is 3. The van der Waals surface area contributed by atoms with Gasteiger partial charge in [-0.25, -0.2) is 15.0 Å². The first-order chi connectivity index (χ1) is 27.7. The molecular formula is C51H33N3OS. The highest BCUT2D eigenvalue weighted by Crippen LogP contribution is 2.42. The van der Waals surface area contributed by atoms with Crippen molar-refractivity contribution in [1.29, 1.82) is 0 Å². The van der Waals surface area contributed by atoms with Gasteiger partial charge in [-0.05, 0) is 76.7 Å². The van der Waals surface area contributed by atoms with Crippen molar-refractivity contribution >= 4 is 59.0 Å². The maximum atomic E-state index is 6.15. The molecule has 0 saturated carbocycles. The molecule has 0 spiro atoms. The molecule has 5 heteroatoms. The quantitative estimate of drug-likeness (QED) is 0.171. The third-order valence-electron chi connectivity index (χ3n) is 10.9. The number of allylic oxidation sites excluding steroid dienone is 4. The summed E-state index contributed by atoms with van der Waals surface area (Å²) in [6.45, 7) is 0. The van der Waals surface area contributed by atoms with Gasteiger partial charge in [0.05, 0.1) is 0 Å². The summed E-state index contributed by atoms with van der Waals surface area (Å²) < 4.78 is 8.58. The standard InChI is InChI=1S/C51H33N3OS/c1-3-11-32(12-4-1)36-15-9-16-37(29-36)33-21-23-34(24-22-33)38-26-28-46-43(30-38)48-41(18-10-20-47(48)56-46)51-53-49(35-13-5-2-6-14-35)52-50(54-51)39-25-27-45-42(31-39)40-17-7-8-19-44(40)55-45/h1-28,30-31,36H,29H2. The van der Waals surface area contributed by atoms with Crippen LogP contribution < -0.4 is 0 Å². The van der Waals surface area contributed by atoms with Gasteiger partial charge in [0.25, 0.3) is 0 Å². The van der Waals surface area contributed by atoms with E-state index in [9.17, 15) is 0 Å². The molecule has 0 bridgehead atoms. The van der Waals surface area contributed by atoms with Crippen LogP contribution in [0.25, 0.3) is 93.0 Å². The molecule has 3 heterocycles. The number of benzene rings is 7. The first-order valence-electron chi connectivity index (χ1n) is 18.9. The van der Waals surface area contributed by atoms with Crippen LogP contribution in [0, 0.1) is 0 Å². The van der Waals surface area contributed by atoms with Crippen LogP contribution in [0.3, 0.4) is 0 Å². The molecular weight excluding hydrogens is 703 g/mol. The number of para-hydroxylation sites is 1. The Morgan fingerprint density at radius 1 is 0.482 bits per heavy atom. The van der Waals surface area contributed by atoms with Gasteiger partial charge in [0.2, 0.25) is 0 Å². The minimum Gasteiger partial charge on any atom is -0.456 e. The van der Waals surface area contributed by atoms with E-state index in [0.717, 1.165) is 50.4 Å². The van der Waals surface area contributed by atoms with Gasteiger partial charge in [-0.3, -0.25) is 0 Å². The van der Waals surface area contributed by atoms with Crippen LogP contribution in [0.5, 0.6) is 0 Å². The van der Waals surface area contributed by atoms with Gasteiger partial charge in [0.15, 0.2) is 17.5 Å². The van der Waals surface area contributed by atoms with Crippen molar-refractivity contribution in [2.75, 3.05) is 0 Å². The van der Waals surface area contributed by atoms with E-state index >= 15 is 0 Å². The fourth-order valence-electron chi connectivity index (χ4n) is 8.10. The second kappa shape index (κ2) is 13.4. The average molecular weight is 736 g/mol. The zero-order valence-electron chi connectivity index (χ0n) is 30.3.